The van der Waals surface area contributed by atoms with E-state index in [9.17, 15) is 13.2 Å². The monoisotopic (exact) mass is 416 g/mol. The first-order valence-corrected chi connectivity index (χ1v) is 11.2. The predicted octanol–water partition coefficient (Wildman–Crippen LogP) is 2.19. The van der Waals surface area contributed by atoms with Crippen LogP contribution in [0.25, 0.3) is 0 Å². The van der Waals surface area contributed by atoms with Crippen molar-refractivity contribution in [1.82, 2.24) is 9.62 Å². The van der Waals surface area contributed by atoms with Crippen LogP contribution in [-0.2, 0) is 14.8 Å². The molecule has 8 heteroatoms. The van der Waals surface area contributed by atoms with Crippen molar-refractivity contribution in [3.63, 3.8) is 0 Å². The van der Waals surface area contributed by atoms with Crippen molar-refractivity contribution in [3.05, 3.63) is 54.6 Å². The molecule has 2 heterocycles. The van der Waals surface area contributed by atoms with Crippen LogP contribution < -0.4 is 14.8 Å². The molecular weight excluding hydrogens is 392 g/mol. The molecule has 2 aliphatic rings. The molecule has 154 valence electrons. The summed E-state index contributed by atoms with van der Waals surface area (Å²) in [7, 11) is -3.72. The maximum Gasteiger partial charge on any atom is 0.243 e. The highest BCUT2D eigenvalue weighted by Crippen LogP contribution is 2.31. The number of carbonyl (C=O) groups excluding carboxylic acids is 1. The molecule has 2 aromatic carbocycles. The van der Waals surface area contributed by atoms with Crippen LogP contribution >= 0.6 is 0 Å². The van der Waals surface area contributed by atoms with E-state index in [0.717, 1.165) is 12.8 Å². The Bertz CT molecular complexity index is 964. The van der Waals surface area contributed by atoms with E-state index >= 15 is 0 Å². The van der Waals surface area contributed by atoms with Crippen molar-refractivity contribution in [3.8, 4) is 11.5 Å². The second-order valence-electron chi connectivity index (χ2n) is 7.18. The number of nitrogens with zero attached hydrogens (tertiary/aromatic N) is 1. The fourth-order valence-electron chi connectivity index (χ4n) is 3.68. The number of benzene rings is 2. The second kappa shape index (κ2) is 8.42. The number of hydrogen-bond acceptors (Lipinski definition) is 5. The summed E-state index contributed by atoms with van der Waals surface area (Å²) in [6, 6.07) is 14.9. The lowest BCUT2D eigenvalue weighted by Crippen LogP contribution is -2.53. The number of nitrogens with one attached hydrogen (secondary N) is 1. The lowest BCUT2D eigenvalue weighted by Gasteiger charge is -2.34. The minimum atomic E-state index is -3.72. The maximum absolute atomic E-state index is 13.0. The van der Waals surface area contributed by atoms with Crippen molar-refractivity contribution < 1.29 is 22.7 Å². The molecule has 1 N–H and O–H groups in total. The summed E-state index contributed by atoms with van der Waals surface area (Å²) in [6.45, 7) is 0.919. The molecule has 2 atom stereocenters. The zero-order valence-corrected chi connectivity index (χ0v) is 16.8. The molecular formula is C21H24N2O5S. The van der Waals surface area contributed by atoms with Gasteiger partial charge in [-0.25, -0.2) is 8.42 Å². The molecule has 0 bridgehead atoms. The minimum Gasteiger partial charge on any atom is -0.486 e. The molecule has 7 nitrogen and oxygen atoms in total. The van der Waals surface area contributed by atoms with Gasteiger partial charge in [0.15, 0.2) is 11.5 Å². The molecule has 4 rings (SSSR count). The van der Waals surface area contributed by atoms with Crippen molar-refractivity contribution in [2.24, 2.45) is 0 Å². The Kier molecular flexibility index (Phi) is 5.73. The van der Waals surface area contributed by atoms with Crippen LogP contribution in [0.15, 0.2) is 59.5 Å². The average Bonchev–Trinajstić information content (AvgIpc) is 2.78. The first kappa shape index (κ1) is 19.7. The molecule has 29 heavy (non-hydrogen) atoms. The van der Waals surface area contributed by atoms with Crippen LogP contribution in [0.2, 0.25) is 0 Å². The Morgan fingerprint density at radius 1 is 1.03 bits per heavy atom. The van der Waals surface area contributed by atoms with Gasteiger partial charge < -0.3 is 14.8 Å². The van der Waals surface area contributed by atoms with E-state index in [1.54, 1.807) is 30.3 Å². The van der Waals surface area contributed by atoms with E-state index in [1.807, 2.05) is 24.3 Å². The van der Waals surface area contributed by atoms with E-state index in [2.05, 4.69) is 5.32 Å². The fourth-order valence-corrected chi connectivity index (χ4v) is 5.36. The molecule has 0 unspecified atom stereocenters. The highest BCUT2D eigenvalue weighted by atomic mass is 32.2. The van der Waals surface area contributed by atoms with Crippen LogP contribution in [0.5, 0.6) is 11.5 Å². The molecule has 0 saturated carbocycles. The standard InChI is InChI=1S/C21H24N2O5S/c24-21(22-14-16-15-27-19-11-4-5-12-20(19)28-16)18-10-6-7-13-23(18)29(25,26)17-8-2-1-3-9-17/h1-5,8-9,11-12,16,18H,6-7,10,13-15H2,(H,22,24)/t16-,18+/m0/s1. The summed E-state index contributed by atoms with van der Waals surface area (Å²) >= 11 is 0. The number of piperidine rings is 1. The van der Waals surface area contributed by atoms with Crippen molar-refractivity contribution in [2.45, 2.75) is 36.3 Å². The maximum atomic E-state index is 13.0. The molecule has 0 aromatic heterocycles. The Labute approximate surface area is 170 Å². The first-order chi connectivity index (χ1) is 14.1. The van der Waals surface area contributed by atoms with Crippen LogP contribution in [0.4, 0.5) is 0 Å². The molecule has 0 radical (unpaired) electrons. The Balaban J connectivity index is 1.42. The normalized spacial score (nSPS) is 22.1. The molecule has 1 fully saturated rings. The van der Waals surface area contributed by atoms with E-state index in [1.165, 1.54) is 4.31 Å². The largest absolute Gasteiger partial charge is 0.486 e. The van der Waals surface area contributed by atoms with E-state index in [4.69, 9.17) is 9.47 Å². The van der Waals surface area contributed by atoms with Crippen molar-refractivity contribution in [1.29, 1.82) is 0 Å². The SMILES string of the molecule is O=C(NC[C@H]1COc2ccccc2O1)[C@H]1CCCCN1S(=O)(=O)c1ccccc1. The number of carbonyl (C=O) groups is 1. The Hall–Kier alpha value is -2.58. The minimum absolute atomic E-state index is 0.209. The molecule has 1 saturated heterocycles. The van der Waals surface area contributed by atoms with Gasteiger partial charge in [0.05, 0.1) is 11.4 Å². The van der Waals surface area contributed by atoms with Crippen LogP contribution in [0.3, 0.4) is 0 Å². The fraction of sp³-hybridized carbons (Fsp3) is 0.381. The summed E-state index contributed by atoms with van der Waals surface area (Å²) < 4.78 is 38.9. The van der Waals surface area contributed by atoms with E-state index in [0.29, 0.717) is 31.1 Å². The van der Waals surface area contributed by atoms with Crippen LogP contribution in [0, 0.1) is 0 Å². The predicted molar refractivity (Wildman–Crippen MR) is 107 cm³/mol. The van der Waals surface area contributed by atoms with E-state index in [-0.39, 0.29) is 23.5 Å². The lowest BCUT2D eigenvalue weighted by molar-refractivity contribution is -0.126. The third-order valence-corrected chi connectivity index (χ3v) is 7.10. The molecule has 0 spiro atoms. The Morgan fingerprint density at radius 3 is 2.55 bits per heavy atom. The van der Waals surface area contributed by atoms with Gasteiger partial charge in [-0.05, 0) is 37.1 Å². The van der Waals surface area contributed by atoms with Crippen LogP contribution in [-0.4, -0.2) is 50.5 Å². The summed E-state index contributed by atoms with van der Waals surface area (Å²) in [5.74, 6) is 1.03. The zero-order valence-electron chi connectivity index (χ0n) is 16.0. The van der Waals surface area contributed by atoms with Gasteiger partial charge in [-0.3, -0.25) is 4.79 Å². The van der Waals surface area contributed by atoms with E-state index < -0.39 is 16.1 Å². The van der Waals surface area contributed by atoms with Gasteiger partial charge in [0.25, 0.3) is 0 Å². The summed E-state index contributed by atoms with van der Waals surface area (Å²) in [6.07, 6.45) is 1.74. The number of rotatable bonds is 5. The van der Waals surface area contributed by atoms with Gasteiger partial charge in [-0.1, -0.05) is 36.8 Å². The molecule has 1 amide bonds. The lowest BCUT2D eigenvalue weighted by atomic mass is 10.0. The zero-order chi connectivity index (χ0) is 20.3. The van der Waals surface area contributed by atoms with Gasteiger partial charge >= 0.3 is 0 Å². The number of hydrogen-bond donors (Lipinski definition) is 1. The van der Waals surface area contributed by atoms with Gasteiger partial charge in [0.1, 0.15) is 18.8 Å². The summed E-state index contributed by atoms with van der Waals surface area (Å²) in [4.78, 5) is 13.1. The van der Waals surface area contributed by atoms with Gasteiger partial charge in [0, 0.05) is 6.54 Å². The Morgan fingerprint density at radius 2 is 1.76 bits per heavy atom. The third-order valence-electron chi connectivity index (χ3n) is 5.18. The highest BCUT2D eigenvalue weighted by molar-refractivity contribution is 7.89. The van der Waals surface area contributed by atoms with Crippen LogP contribution in [0.1, 0.15) is 19.3 Å². The van der Waals surface area contributed by atoms with Gasteiger partial charge in [-0.15, -0.1) is 0 Å². The summed E-state index contributed by atoms with van der Waals surface area (Å²) in [5.41, 5.74) is 0. The second-order valence-corrected chi connectivity index (χ2v) is 9.07. The first-order valence-electron chi connectivity index (χ1n) is 9.79. The summed E-state index contributed by atoms with van der Waals surface area (Å²) in [5, 5.41) is 2.86. The van der Waals surface area contributed by atoms with Gasteiger partial charge in [0.2, 0.25) is 15.9 Å². The number of amides is 1. The topological polar surface area (TPSA) is 84.9 Å². The van der Waals surface area contributed by atoms with Gasteiger partial charge in [-0.2, -0.15) is 4.31 Å². The molecule has 2 aliphatic heterocycles. The smallest absolute Gasteiger partial charge is 0.243 e. The highest BCUT2D eigenvalue weighted by Gasteiger charge is 2.37. The number of sulfonamides is 1. The molecule has 2 aromatic rings. The third kappa shape index (κ3) is 4.23. The number of ether oxygens (including phenoxy) is 2. The number of fused-ring (bicyclic) bond motifs is 1. The quantitative estimate of drug-likeness (QED) is 0.808. The van der Waals surface area contributed by atoms with Crippen molar-refractivity contribution >= 4 is 15.9 Å². The molecule has 0 aliphatic carbocycles. The van der Waals surface area contributed by atoms with Crippen molar-refractivity contribution in [2.75, 3.05) is 19.7 Å². The number of para-hydroxylation sites is 2. The average molecular weight is 416 g/mol.